The molecule has 1 heterocycles. The minimum absolute atomic E-state index is 0. The molecule has 3 aromatic rings. The SMILES string of the molecule is O=C(OCC(c1ccccc1)[NH+]1CCCCC1)C(c1ccccc1)c1ccccc1.[Cl-]. The molecule has 3 aromatic carbocycles. The summed E-state index contributed by atoms with van der Waals surface area (Å²) in [6, 6.07) is 30.6. The van der Waals surface area contributed by atoms with Crippen LogP contribution in [-0.4, -0.2) is 25.7 Å². The largest absolute Gasteiger partial charge is 1.00 e. The van der Waals surface area contributed by atoms with Crippen molar-refractivity contribution in [3.05, 3.63) is 108 Å². The van der Waals surface area contributed by atoms with E-state index in [0.717, 1.165) is 24.2 Å². The summed E-state index contributed by atoms with van der Waals surface area (Å²) in [5, 5.41) is 0. The van der Waals surface area contributed by atoms with Crippen molar-refractivity contribution in [3.8, 4) is 0 Å². The third-order valence-electron chi connectivity index (χ3n) is 6.08. The predicted octanol–water partition coefficient (Wildman–Crippen LogP) is 1.18. The highest BCUT2D eigenvalue weighted by molar-refractivity contribution is 5.82. The van der Waals surface area contributed by atoms with E-state index in [-0.39, 0.29) is 24.4 Å². The number of likely N-dealkylation sites (tertiary alicyclic amines) is 1. The Bertz CT molecular complexity index is 872. The number of carbonyl (C=O) groups excluding carboxylic acids is 1. The summed E-state index contributed by atoms with van der Waals surface area (Å²) in [5.41, 5.74) is 3.18. The molecule has 1 saturated heterocycles. The maximum atomic E-state index is 13.3. The van der Waals surface area contributed by atoms with E-state index >= 15 is 0 Å². The fraction of sp³-hybridized carbons (Fsp3) is 0.296. The molecule has 1 aliphatic heterocycles. The molecular formula is C27H30ClNO2. The van der Waals surface area contributed by atoms with Gasteiger partial charge in [-0.3, -0.25) is 4.79 Å². The number of hydrogen-bond acceptors (Lipinski definition) is 2. The number of nitrogens with one attached hydrogen (secondary N) is 1. The van der Waals surface area contributed by atoms with Crippen LogP contribution in [0.25, 0.3) is 0 Å². The van der Waals surface area contributed by atoms with Crippen LogP contribution in [0.1, 0.15) is 47.9 Å². The van der Waals surface area contributed by atoms with Crippen LogP contribution in [0.2, 0.25) is 0 Å². The quantitative estimate of drug-likeness (QED) is 0.565. The molecule has 0 aromatic heterocycles. The molecule has 0 bridgehead atoms. The topological polar surface area (TPSA) is 30.7 Å². The lowest BCUT2D eigenvalue weighted by Gasteiger charge is -2.32. The fourth-order valence-electron chi connectivity index (χ4n) is 4.49. The van der Waals surface area contributed by atoms with Crippen LogP contribution in [0.4, 0.5) is 0 Å². The van der Waals surface area contributed by atoms with Gasteiger partial charge < -0.3 is 22.0 Å². The summed E-state index contributed by atoms with van der Waals surface area (Å²) < 4.78 is 6.02. The first-order valence-electron chi connectivity index (χ1n) is 11.0. The summed E-state index contributed by atoms with van der Waals surface area (Å²) in [6.07, 6.45) is 3.78. The molecule has 1 fully saturated rings. The molecule has 1 N–H and O–H groups in total. The van der Waals surface area contributed by atoms with E-state index in [1.54, 1.807) is 0 Å². The molecule has 0 aliphatic carbocycles. The molecule has 31 heavy (non-hydrogen) atoms. The standard InChI is InChI=1S/C27H29NO2.ClH/c29-27(26(23-15-7-2-8-16-23)24-17-9-3-10-18-24)30-21-25(22-13-5-1-6-14-22)28-19-11-4-12-20-28;/h1-3,5-10,13-18,25-26H,4,11-12,19-21H2;1H. The van der Waals surface area contributed by atoms with Gasteiger partial charge in [-0.05, 0) is 30.4 Å². The van der Waals surface area contributed by atoms with E-state index in [1.165, 1.54) is 29.7 Å². The monoisotopic (exact) mass is 435 g/mol. The lowest BCUT2D eigenvalue weighted by molar-refractivity contribution is -0.936. The molecule has 0 spiro atoms. The summed E-state index contributed by atoms with van der Waals surface area (Å²) in [5.74, 6) is -0.579. The van der Waals surface area contributed by atoms with Crippen molar-refractivity contribution >= 4 is 5.97 Å². The van der Waals surface area contributed by atoms with Crippen LogP contribution in [0, 0.1) is 0 Å². The molecule has 1 aliphatic rings. The minimum atomic E-state index is -0.403. The van der Waals surface area contributed by atoms with Gasteiger partial charge >= 0.3 is 5.97 Å². The average Bonchev–Trinajstić information content (AvgIpc) is 2.82. The van der Waals surface area contributed by atoms with E-state index < -0.39 is 5.92 Å². The van der Waals surface area contributed by atoms with Gasteiger partial charge in [-0.25, -0.2) is 0 Å². The second kappa shape index (κ2) is 11.7. The van der Waals surface area contributed by atoms with E-state index in [0.29, 0.717) is 6.61 Å². The van der Waals surface area contributed by atoms with Gasteiger partial charge in [0, 0.05) is 5.56 Å². The first-order chi connectivity index (χ1) is 14.8. The van der Waals surface area contributed by atoms with Gasteiger partial charge in [-0.1, -0.05) is 91.0 Å². The average molecular weight is 436 g/mol. The summed E-state index contributed by atoms with van der Waals surface area (Å²) in [7, 11) is 0. The Morgan fingerprint density at radius 1 is 0.710 bits per heavy atom. The maximum absolute atomic E-state index is 13.3. The Morgan fingerprint density at radius 3 is 1.65 bits per heavy atom. The second-order valence-electron chi connectivity index (χ2n) is 8.07. The molecule has 1 atom stereocenters. The van der Waals surface area contributed by atoms with E-state index in [2.05, 4.69) is 24.3 Å². The fourth-order valence-corrected chi connectivity index (χ4v) is 4.49. The molecule has 3 nitrogen and oxygen atoms in total. The number of quaternary nitrogens is 1. The van der Waals surface area contributed by atoms with Crippen molar-refractivity contribution < 1.29 is 26.8 Å². The number of piperidine rings is 1. The first kappa shape index (κ1) is 23.1. The van der Waals surface area contributed by atoms with Gasteiger partial charge in [0.1, 0.15) is 18.6 Å². The number of benzene rings is 3. The number of esters is 1. The summed E-state index contributed by atoms with van der Waals surface area (Å²) in [6.45, 7) is 2.68. The van der Waals surface area contributed by atoms with Crippen molar-refractivity contribution in [3.63, 3.8) is 0 Å². The molecule has 162 valence electrons. The number of ether oxygens (including phenoxy) is 1. The number of carbonyl (C=O) groups is 1. The van der Waals surface area contributed by atoms with Crippen LogP contribution in [0.3, 0.4) is 0 Å². The Kier molecular flexibility index (Phi) is 8.69. The zero-order valence-electron chi connectivity index (χ0n) is 17.8. The summed E-state index contributed by atoms with van der Waals surface area (Å²) >= 11 is 0. The third-order valence-corrected chi connectivity index (χ3v) is 6.08. The highest BCUT2D eigenvalue weighted by Crippen LogP contribution is 2.26. The third kappa shape index (κ3) is 5.96. The Balaban J connectivity index is 0.00000272. The van der Waals surface area contributed by atoms with Gasteiger partial charge in [-0.15, -0.1) is 0 Å². The Morgan fingerprint density at radius 2 is 1.16 bits per heavy atom. The van der Waals surface area contributed by atoms with Crippen LogP contribution in [0.15, 0.2) is 91.0 Å². The molecule has 4 heteroatoms. The highest BCUT2D eigenvalue weighted by atomic mass is 35.5. The molecular weight excluding hydrogens is 406 g/mol. The van der Waals surface area contributed by atoms with Crippen LogP contribution >= 0.6 is 0 Å². The van der Waals surface area contributed by atoms with E-state index in [4.69, 9.17) is 4.74 Å². The van der Waals surface area contributed by atoms with Gasteiger partial charge in [0.15, 0.2) is 0 Å². The van der Waals surface area contributed by atoms with Crippen molar-refractivity contribution in [2.45, 2.75) is 31.2 Å². The van der Waals surface area contributed by atoms with Crippen molar-refractivity contribution in [2.24, 2.45) is 0 Å². The molecule has 0 radical (unpaired) electrons. The van der Waals surface area contributed by atoms with E-state index in [9.17, 15) is 4.79 Å². The molecule has 1 unspecified atom stereocenters. The molecule has 0 saturated carbocycles. The normalized spacial score (nSPS) is 15.1. The van der Waals surface area contributed by atoms with Crippen LogP contribution < -0.4 is 17.3 Å². The van der Waals surface area contributed by atoms with Gasteiger partial charge in [0.25, 0.3) is 0 Å². The number of halogens is 1. The zero-order valence-corrected chi connectivity index (χ0v) is 18.5. The zero-order chi connectivity index (χ0) is 20.6. The molecule has 0 amide bonds. The van der Waals surface area contributed by atoms with Crippen molar-refractivity contribution in [1.82, 2.24) is 0 Å². The lowest BCUT2D eigenvalue weighted by atomic mass is 9.91. The van der Waals surface area contributed by atoms with Crippen LogP contribution in [-0.2, 0) is 9.53 Å². The number of rotatable bonds is 7. The number of hydrogen-bond donors (Lipinski definition) is 1. The Hall–Kier alpha value is -2.62. The minimum Gasteiger partial charge on any atom is -1.00 e. The van der Waals surface area contributed by atoms with Crippen molar-refractivity contribution in [2.75, 3.05) is 19.7 Å². The van der Waals surface area contributed by atoms with Gasteiger partial charge in [0.2, 0.25) is 0 Å². The lowest BCUT2D eigenvalue weighted by Crippen LogP contribution is -3.13. The smallest absolute Gasteiger partial charge is 0.318 e. The van der Waals surface area contributed by atoms with Gasteiger partial charge in [-0.2, -0.15) is 0 Å². The predicted molar refractivity (Wildman–Crippen MR) is 119 cm³/mol. The highest BCUT2D eigenvalue weighted by Gasteiger charge is 2.30. The maximum Gasteiger partial charge on any atom is 0.318 e. The molecule has 4 rings (SSSR count). The first-order valence-corrected chi connectivity index (χ1v) is 11.0. The van der Waals surface area contributed by atoms with Crippen molar-refractivity contribution in [1.29, 1.82) is 0 Å². The van der Waals surface area contributed by atoms with Crippen LogP contribution in [0.5, 0.6) is 0 Å². The Labute approximate surface area is 191 Å². The van der Waals surface area contributed by atoms with Gasteiger partial charge in [0.05, 0.1) is 13.1 Å². The second-order valence-corrected chi connectivity index (χ2v) is 8.07. The summed E-state index contributed by atoms with van der Waals surface area (Å²) in [4.78, 5) is 14.9. The van der Waals surface area contributed by atoms with E-state index in [1.807, 2.05) is 66.7 Å².